The number of nitrogens with two attached hydrogens (primary N) is 6. The number of nitrogens with one attached hydrogen (secondary N) is 1. The number of hydrogen-bond donors (Lipinski definition) is 14. The van der Waals surface area contributed by atoms with E-state index in [1.54, 1.807) is 68.0 Å². The fourth-order valence-electron chi connectivity index (χ4n) is 12.7. The molecule has 0 saturated carbocycles. The molecule has 0 amide bonds. The highest BCUT2D eigenvalue weighted by molar-refractivity contribution is 8.00. The Hall–Kier alpha value is -10.9. The minimum absolute atomic E-state index is 0.00636. The number of H-pyrrole nitrogens is 1. The molecular formula is C65H83ClN30O20S. The second-order valence-corrected chi connectivity index (χ2v) is 27.8. The van der Waals surface area contributed by atoms with E-state index in [9.17, 15) is 19.5 Å². The monoisotopic (exact) mass is 1670 g/mol. The zero-order valence-corrected chi connectivity index (χ0v) is 63.8. The third-order valence-electron chi connectivity index (χ3n) is 18.3. The number of ether oxygens (including phenoxy) is 10. The Bertz CT molecular complexity index is 5460. The number of halogens is 1. The summed E-state index contributed by atoms with van der Waals surface area (Å²) < 4.78 is 65.2. The summed E-state index contributed by atoms with van der Waals surface area (Å²) in [6, 6.07) is 3.12. The second-order valence-electron chi connectivity index (χ2n) is 26.1. The number of nitrogens with zero attached hydrogens (tertiary/aromatic N) is 23. The predicted octanol–water partition coefficient (Wildman–Crippen LogP) is -2.19. The summed E-state index contributed by atoms with van der Waals surface area (Å²) in [6.45, 7) is 4.37. The van der Waals surface area contributed by atoms with Crippen LogP contribution in [0.1, 0.15) is 92.7 Å². The molecule has 52 heteroatoms. The molecule has 14 atom stereocenters. The van der Waals surface area contributed by atoms with E-state index in [1.165, 1.54) is 39.9 Å². The van der Waals surface area contributed by atoms with Gasteiger partial charge in [-0.1, -0.05) is 11.6 Å². The highest BCUT2D eigenvalue weighted by Crippen LogP contribution is 2.36. The number of aliphatic hydroxyl groups is 7. The van der Waals surface area contributed by atoms with Crippen LogP contribution in [0.4, 0.5) is 35.4 Å². The van der Waals surface area contributed by atoms with Crippen molar-refractivity contribution in [2.24, 2.45) is 0 Å². The van der Waals surface area contributed by atoms with E-state index in [1.807, 2.05) is 18.4 Å². The Morgan fingerprint density at radius 2 is 0.923 bits per heavy atom. The quantitative estimate of drug-likeness (QED) is 0.0546. The lowest BCUT2D eigenvalue weighted by atomic mass is 10.2. The summed E-state index contributed by atoms with van der Waals surface area (Å²) in [5.41, 5.74) is 38.7. The van der Waals surface area contributed by atoms with E-state index in [2.05, 4.69) is 84.7 Å². The number of imidazole rings is 5. The second kappa shape index (κ2) is 38.0. The smallest absolute Gasteiger partial charge is 0.351 e. The van der Waals surface area contributed by atoms with Crippen LogP contribution in [-0.2, 0) is 47.4 Å². The molecule has 117 heavy (non-hydrogen) atoms. The Morgan fingerprint density at radius 1 is 0.444 bits per heavy atom. The Labute approximate surface area is 666 Å². The van der Waals surface area contributed by atoms with Crippen LogP contribution in [0.2, 0.25) is 5.15 Å². The van der Waals surface area contributed by atoms with Crippen molar-refractivity contribution < 1.29 is 83.1 Å². The predicted molar refractivity (Wildman–Crippen MR) is 408 cm³/mol. The zero-order chi connectivity index (χ0) is 82.7. The lowest BCUT2D eigenvalue weighted by Crippen LogP contribution is -2.27. The summed E-state index contributed by atoms with van der Waals surface area (Å²) in [5.74, 6) is 0.873. The van der Waals surface area contributed by atoms with Gasteiger partial charge < -0.3 is 118 Å². The van der Waals surface area contributed by atoms with Gasteiger partial charge in [-0.05, 0) is 58.1 Å². The molecule has 12 aromatic heterocycles. The average Bonchev–Trinajstić information content (AvgIpc) is 1.67. The van der Waals surface area contributed by atoms with Gasteiger partial charge in [-0.15, -0.1) is 11.8 Å². The minimum atomic E-state index is -0.710. The number of rotatable bonds is 13. The molecule has 7 saturated heterocycles. The summed E-state index contributed by atoms with van der Waals surface area (Å²) in [6.07, 6.45) is 13.9. The summed E-state index contributed by atoms with van der Waals surface area (Å²) >= 11 is 7.31. The van der Waals surface area contributed by atoms with Crippen LogP contribution in [0.5, 0.6) is 0 Å². The highest BCUT2D eigenvalue weighted by atomic mass is 35.5. The molecule has 0 aliphatic carbocycles. The number of aromatic nitrogens is 24. The molecule has 12 aromatic rings. The number of aryl methyl sites for hydroxylation is 2. The maximum absolute atomic E-state index is 11.6. The highest BCUT2D eigenvalue weighted by Gasteiger charge is 2.35. The molecule has 19 heterocycles. The van der Waals surface area contributed by atoms with Crippen LogP contribution >= 0.6 is 23.4 Å². The molecule has 626 valence electrons. The maximum atomic E-state index is 11.6. The van der Waals surface area contributed by atoms with Crippen LogP contribution in [0.3, 0.4) is 0 Å². The van der Waals surface area contributed by atoms with Gasteiger partial charge in [0, 0.05) is 18.8 Å². The number of hydrogen-bond acceptors (Lipinski definition) is 43. The average molecular weight is 1670 g/mol. The van der Waals surface area contributed by atoms with Gasteiger partial charge in [0.2, 0.25) is 23.8 Å². The van der Waals surface area contributed by atoms with E-state index in [0.717, 1.165) is 48.2 Å². The van der Waals surface area contributed by atoms with Crippen LogP contribution in [0, 0.1) is 13.8 Å². The number of aliphatic hydroxyl groups excluding tert-OH is 7. The lowest BCUT2D eigenvalue weighted by molar-refractivity contribution is -0.111. The largest absolute Gasteiger partial charge is 0.394 e. The Balaban J connectivity index is 0.000000119. The van der Waals surface area contributed by atoms with Crippen molar-refractivity contribution in [2.75, 3.05) is 100 Å². The first kappa shape index (κ1) is 84.0. The molecule has 0 spiro atoms. The van der Waals surface area contributed by atoms with Crippen molar-refractivity contribution in [1.29, 1.82) is 0 Å². The molecule has 50 nitrogen and oxygen atoms in total. The van der Waals surface area contributed by atoms with Gasteiger partial charge in [0.1, 0.15) is 69.5 Å². The summed E-state index contributed by atoms with van der Waals surface area (Å²) in [4.78, 5) is 101. The number of aromatic amines is 1. The van der Waals surface area contributed by atoms with Crippen molar-refractivity contribution in [3.05, 3.63) is 117 Å². The van der Waals surface area contributed by atoms with Crippen molar-refractivity contribution in [3.8, 4) is 0 Å². The number of thioether (sulfide) groups is 1. The summed E-state index contributed by atoms with van der Waals surface area (Å²) in [7, 11) is 0. The van der Waals surface area contributed by atoms with Gasteiger partial charge in [0.15, 0.2) is 82.7 Å². The van der Waals surface area contributed by atoms with E-state index >= 15 is 0 Å². The molecule has 7 aliphatic heterocycles. The molecule has 19 rings (SSSR count). The maximum Gasteiger partial charge on any atom is 0.351 e. The van der Waals surface area contributed by atoms with E-state index in [0.29, 0.717) is 65.2 Å². The molecule has 7 aliphatic rings. The number of fused-ring (bicyclic) bond motifs is 5. The third-order valence-corrected chi connectivity index (χ3v) is 19.8. The van der Waals surface area contributed by atoms with Crippen LogP contribution in [0.15, 0.2) is 83.1 Å². The van der Waals surface area contributed by atoms with Crippen molar-refractivity contribution in [3.63, 3.8) is 0 Å². The van der Waals surface area contributed by atoms with Crippen molar-refractivity contribution in [2.45, 2.75) is 138 Å². The zero-order valence-electron chi connectivity index (χ0n) is 62.2. The molecular weight excluding hydrogens is 1590 g/mol. The topological polar surface area (TPSA) is 698 Å². The SMILES string of the molecule is Cc1nc(N)nc2c1ncn2C1CCC(O)O1.Cc1ncnc2c1ncn2C1CCC(CO)O1.Nc1ccn(C2CCC(CO)O2)c(=O)n1.Nc1ccn(C2COC(CO)S2)c(=O)n1.Nc1nc(Cl)c2ncn(C3COC(CO)O3)c2n1.Nc1nc2c(ncn2C2COC(CO)O2)c(=O)[nH]1.Nc1ncc2ncn(C3COC(CO)O3)c2n1. The minimum Gasteiger partial charge on any atom is -0.394 e. The van der Waals surface area contributed by atoms with Gasteiger partial charge in [-0.2, -0.15) is 34.9 Å². The lowest BCUT2D eigenvalue weighted by Gasteiger charge is -2.14. The van der Waals surface area contributed by atoms with Gasteiger partial charge in [-0.25, -0.2) is 54.4 Å². The normalized spacial score (nSPS) is 24.6. The fraction of sp³-hybridized carbons (Fsp3) is 0.492. The van der Waals surface area contributed by atoms with E-state index < -0.39 is 54.6 Å². The third kappa shape index (κ3) is 19.7. The van der Waals surface area contributed by atoms with E-state index in [-0.39, 0.29) is 147 Å². The Morgan fingerprint density at radius 3 is 1.45 bits per heavy atom. The van der Waals surface area contributed by atoms with Crippen LogP contribution in [0.25, 0.3) is 55.8 Å². The van der Waals surface area contributed by atoms with Crippen molar-refractivity contribution in [1.82, 2.24) is 117 Å². The van der Waals surface area contributed by atoms with Crippen molar-refractivity contribution >= 4 is 115 Å². The molecule has 0 bridgehead atoms. The standard InChI is InChI=1S/C11H14N4O2.C10H13N5O2.C9H10ClN5O3.C9H11N5O4.C9H11N5O3.C9H13N3O3.C8H11N3O3S/c1-7-10-11(13-5-12-7)15(6-14-10)9-3-2-8(4-16)17-9;1-5-8-9(14-10(11)13-5)15(4-12-8)6-2-3-7(16)17-6;10-7-6-8(14-9(11)13-7)15(3-12-6)4-2-17-5(1-16)18-4;10-9-12-7-6(8(16)13-9)11-3-14(7)4-2-17-5(1-15)18-4;10-9-11-1-5-8(13-9)14(4-12-5)6-3-16-7(2-15)17-6;10-7-3-4-12(9(14)11-7)8-2-1-6(5-13)15-8;9-5-1-2-11(8(13)10-5)6-4-14-7(3-12)15-6/h5-6,8-9,16H,2-4H2,1H3;4,6-7,16H,2-3H2,1H3,(H2,11,13,14);3-5,16H,1-2H2,(H2,11,13,14);3-5,15H,1-2H2,(H3,10,12,13,16);1,4,6-7,15H,2-3H2,(H2,10,11,13);3-4,6,8,13H,1-2,5H2,(H2,10,11,14);1-2,6-7,12H,3-4H2,(H2,9,10,13). The first-order valence-electron chi connectivity index (χ1n) is 36.0. The fourth-order valence-corrected chi connectivity index (χ4v) is 13.9. The number of nitrogen functional groups attached to an aromatic ring is 6. The Kier molecular flexibility index (Phi) is 27.3. The first-order chi connectivity index (χ1) is 56.5. The molecule has 7 fully saturated rings. The number of anilines is 6. The first-order valence-corrected chi connectivity index (χ1v) is 37.3. The molecule has 0 radical (unpaired) electrons. The van der Waals surface area contributed by atoms with Gasteiger partial charge in [0.05, 0.1) is 127 Å². The van der Waals surface area contributed by atoms with Crippen LogP contribution < -0.4 is 51.3 Å². The van der Waals surface area contributed by atoms with Gasteiger partial charge in [0.25, 0.3) is 5.56 Å². The molecule has 0 aromatic carbocycles. The van der Waals surface area contributed by atoms with Gasteiger partial charge in [-0.3, -0.25) is 41.7 Å². The van der Waals surface area contributed by atoms with Crippen LogP contribution in [-0.4, -0.2) is 261 Å². The van der Waals surface area contributed by atoms with E-state index in [4.69, 9.17) is 124 Å². The molecule has 14 unspecified atom stereocenters. The summed E-state index contributed by atoms with van der Waals surface area (Å²) in [5, 5.41) is 63.0. The van der Waals surface area contributed by atoms with Gasteiger partial charge >= 0.3 is 11.4 Å². The molecule has 20 N–H and O–H groups in total.